The number of fused-ring (bicyclic) bond motifs is 1. The highest BCUT2D eigenvalue weighted by molar-refractivity contribution is 7.99. The van der Waals surface area contributed by atoms with E-state index < -0.39 is 0 Å². The number of thioether (sulfide) groups is 1. The van der Waals surface area contributed by atoms with Crippen LogP contribution in [0, 0.1) is 0 Å². The number of amides is 1. The lowest BCUT2D eigenvalue weighted by Crippen LogP contribution is -2.32. The predicted octanol–water partition coefficient (Wildman–Crippen LogP) is 3.94. The van der Waals surface area contributed by atoms with Gasteiger partial charge in [-0.2, -0.15) is 0 Å². The number of carbonyl (C=O) groups is 1. The minimum Gasteiger partial charge on any atom is -0.486 e. The fourth-order valence-electron chi connectivity index (χ4n) is 3.24. The van der Waals surface area contributed by atoms with E-state index in [1.54, 1.807) is 32.3 Å². The Bertz CT molecular complexity index is 1180. The van der Waals surface area contributed by atoms with Crippen LogP contribution in [-0.4, -0.2) is 45.1 Å². The summed E-state index contributed by atoms with van der Waals surface area (Å²) in [4.78, 5) is 17.3. The van der Waals surface area contributed by atoms with Gasteiger partial charge < -0.3 is 14.4 Å². The third-order valence-electron chi connectivity index (χ3n) is 4.74. The molecule has 3 aromatic heterocycles. The van der Waals surface area contributed by atoms with Crippen molar-refractivity contribution in [2.45, 2.75) is 18.2 Å². The van der Waals surface area contributed by atoms with Gasteiger partial charge in [0.15, 0.2) is 11.5 Å². The van der Waals surface area contributed by atoms with Crippen molar-refractivity contribution in [3.8, 4) is 11.5 Å². The van der Waals surface area contributed by atoms with Crippen LogP contribution in [-0.2, 0) is 17.9 Å². The number of ether oxygens (including phenoxy) is 2. The third kappa shape index (κ3) is 4.79. The molecule has 8 nitrogen and oxygen atoms in total. The van der Waals surface area contributed by atoms with Crippen molar-refractivity contribution in [2.75, 3.05) is 23.9 Å². The Morgan fingerprint density at radius 2 is 1.84 bits per heavy atom. The quantitative estimate of drug-likeness (QED) is 0.350. The lowest BCUT2D eigenvalue weighted by Gasteiger charge is -2.25. The molecule has 0 saturated heterocycles. The van der Waals surface area contributed by atoms with E-state index in [9.17, 15) is 4.79 Å². The first-order valence-corrected chi connectivity index (χ1v) is 12.6. The number of anilines is 1. The van der Waals surface area contributed by atoms with Crippen molar-refractivity contribution < 1.29 is 14.3 Å². The van der Waals surface area contributed by atoms with Crippen molar-refractivity contribution >= 4 is 46.0 Å². The Labute approximate surface area is 196 Å². The van der Waals surface area contributed by atoms with Gasteiger partial charge in [-0.3, -0.25) is 4.79 Å². The van der Waals surface area contributed by atoms with Crippen molar-refractivity contribution in [2.24, 2.45) is 0 Å². The summed E-state index contributed by atoms with van der Waals surface area (Å²) in [5.74, 6) is 1.53. The zero-order valence-electron chi connectivity index (χ0n) is 16.9. The summed E-state index contributed by atoms with van der Waals surface area (Å²) in [5.41, 5.74) is 0.770. The number of nitrogens with zero attached hydrogens (tertiary/aromatic N) is 5. The van der Waals surface area contributed by atoms with E-state index in [1.807, 2.05) is 53.2 Å². The van der Waals surface area contributed by atoms with Crippen LogP contribution in [0.4, 0.5) is 5.69 Å². The number of benzene rings is 1. The summed E-state index contributed by atoms with van der Waals surface area (Å²) in [6.45, 7) is 2.10. The summed E-state index contributed by atoms with van der Waals surface area (Å²) in [6.07, 6.45) is 0. The first kappa shape index (κ1) is 21.0. The average Bonchev–Trinajstić information content (AvgIpc) is 3.60. The molecule has 32 heavy (non-hydrogen) atoms. The molecule has 0 aliphatic carbocycles. The smallest absolute Gasteiger partial charge is 0.237 e. The standard InChI is InChI=1S/C21H19N5O3S3/c27-20(14-32-21-22-23-24-26(21)13-17-4-2-10-31-17)25(12-16-3-1-9-30-16)15-5-6-18-19(11-15)29-8-7-28-18/h1-6,9-11H,7-8,12-14H2. The van der Waals surface area contributed by atoms with Crippen LogP contribution in [0.3, 0.4) is 0 Å². The minimum absolute atomic E-state index is 0.0363. The molecule has 11 heteroatoms. The third-order valence-corrected chi connectivity index (χ3v) is 7.41. The lowest BCUT2D eigenvalue weighted by atomic mass is 10.2. The molecule has 0 atom stereocenters. The van der Waals surface area contributed by atoms with E-state index in [0.29, 0.717) is 43.0 Å². The average molecular weight is 486 g/mol. The van der Waals surface area contributed by atoms with Gasteiger partial charge in [0.2, 0.25) is 11.1 Å². The van der Waals surface area contributed by atoms with Crippen molar-refractivity contribution in [3.63, 3.8) is 0 Å². The number of hydrogen-bond donors (Lipinski definition) is 0. The van der Waals surface area contributed by atoms with E-state index in [1.165, 1.54) is 11.8 Å². The van der Waals surface area contributed by atoms with Crippen molar-refractivity contribution in [3.05, 3.63) is 63.0 Å². The van der Waals surface area contributed by atoms with Crippen LogP contribution in [0.15, 0.2) is 58.4 Å². The number of rotatable bonds is 8. The minimum atomic E-state index is -0.0363. The van der Waals surface area contributed by atoms with Gasteiger partial charge in [-0.25, -0.2) is 4.68 Å². The van der Waals surface area contributed by atoms with Gasteiger partial charge in [0, 0.05) is 21.5 Å². The molecule has 4 aromatic rings. The number of hydrogen-bond acceptors (Lipinski definition) is 9. The molecule has 1 aliphatic heterocycles. The SMILES string of the molecule is O=C(CSc1nnnn1Cc1cccs1)N(Cc1cccs1)c1ccc2c(c1)OCCO2. The normalized spacial score (nSPS) is 12.6. The topological polar surface area (TPSA) is 82.4 Å². The van der Waals surface area contributed by atoms with E-state index in [-0.39, 0.29) is 11.7 Å². The van der Waals surface area contributed by atoms with Gasteiger partial charge in [0.1, 0.15) is 13.2 Å². The molecule has 0 bridgehead atoms. The maximum atomic E-state index is 13.3. The van der Waals surface area contributed by atoms with Crippen molar-refractivity contribution in [1.82, 2.24) is 20.2 Å². The van der Waals surface area contributed by atoms with Gasteiger partial charge in [0.25, 0.3) is 0 Å². The summed E-state index contributed by atoms with van der Waals surface area (Å²) >= 11 is 4.60. The Kier molecular flexibility index (Phi) is 6.37. The highest BCUT2D eigenvalue weighted by atomic mass is 32.2. The maximum absolute atomic E-state index is 13.3. The molecule has 0 spiro atoms. The van der Waals surface area contributed by atoms with E-state index in [2.05, 4.69) is 15.5 Å². The predicted molar refractivity (Wildman–Crippen MR) is 125 cm³/mol. The second-order valence-corrected chi connectivity index (χ2v) is 9.88. The van der Waals surface area contributed by atoms with Crippen LogP contribution in [0.25, 0.3) is 0 Å². The molecule has 5 rings (SSSR count). The maximum Gasteiger partial charge on any atom is 0.237 e. The summed E-state index contributed by atoms with van der Waals surface area (Å²) < 4.78 is 13.1. The summed E-state index contributed by atoms with van der Waals surface area (Å²) in [5, 5.41) is 16.6. The van der Waals surface area contributed by atoms with Crippen molar-refractivity contribution in [1.29, 1.82) is 0 Å². The van der Waals surface area contributed by atoms with Gasteiger partial charge in [-0.15, -0.1) is 27.8 Å². The van der Waals surface area contributed by atoms with Gasteiger partial charge in [-0.05, 0) is 45.5 Å². The number of thiophene rings is 2. The molecule has 0 radical (unpaired) electrons. The summed E-state index contributed by atoms with van der Waals surface area (Å²) in [6, 6.07) is 13.7. The van der Waals surface area contributed by atoms with Crippen LogP contribution in [0.2, 0.25) is 0 Å². The molecule has 1 amide bonds. The molecule has 0 saturated carbocycles. The monoisotopic (exact) mass is 485 g/mol. The van der Waals surface area contributed by atoms with E-state index >= 15 is 0 Å². The fraction of sp³-hybridized carbons (Fsp3) is 0.238. The lowest BCUT2D eigenvalue weighted by molar-refractivity contribution is -0.116. The van der Waals surface area contributed by atoms with Crippen LogP contribution < -0.4 is 14.4 Å². The van der Waals surface area contributed by atoms with Gasteiger partial charge in [0.05, 0.1) is 18.8 Å². The fourth-order valence-corrected chi connectivity index (χ4v) is 5.37. The van der Waals surface area contributed by atoms with Crippen LogP contribution in [0.5, 0.6) is 11.5 Å². The number of aromatic nitrogens is 4. The first-order valence-electron chi connectivity index (χ1n) is 9.90. The van der Waals surface area contributed by atoms with Crippen LogP contribution in [0.1, 0.15) is 9.75 Å². The second kappa shape index (κ2) is 9.72. The molecule has 0 fully saturated rings. The Hall–Kier alpha value is -2.89. The Balaban J connectivity index is 1.33. The first-order chi connectivity index (χ1) is 15.8. The van der Waals surface area contributed by atoms with Gasteiger partial charge >= 0.3 is 0 Å². The van der Waals surface area contributed by atoms with Crippen LogP contribution >= 0.6 is 34.4 Å². The summed E-state index contributed by atoms with van der Waals surface area (Å²) in [7, 11) is 0. The molecule has 1 aliphatic rings. The molecule has 164 valence electrons. The molecule has 0 N–H and O–H groups in total. The largest absolute Gasteiger partial charge is 0.486 e. The second-order valence-electron chi connectivity index (χ2n) is 6.87. The zero-order valence-corrected chi connectivity index (χ0v) is 19.4. The molecular weight excluding hydrogens is 466 g/mol. The molecule has 1 aromatic carbocycles. The number of tetrazole rings is 1. The number of carbonyl (C=O) groups excluding carboxylic acids is 1. The van der Waals surface area contributed by atoms with Gasteiger partial charge in [-0.1, -0.05) is 23.9 Å². The van der Waals surface area contributed by atoms with E-state index in [4.69, 9.17) is 9.47 Å². The molecular formula is C21H19N5O3S3. The highest BCUT2D eigenvalue weighted by Gasteiger charge is 2.21. The van der Waals surface area contributed by atoms with E-state index in [0.717, 1.165) is 15.4 Å². The molecule has 4 heterocycles. The Morgan fingerprint density at radius 3 is 2.62 bits per heavy atom. The highest BCUT2D eigenvalue weighted by Crippen LogP contribution is 2.35. The zero-order chi connectivity index (χ0) is 21.8. The molecule has 0 unspecified atom stereocenters. The Morgan fingerprint density at radius 1 is 1.06 bits per heavy atom.